The van der Waals surface area contributed by atoms with Gasteiger partial charge in [-0.1, -0.05) is 38.7 Å². The Morgan fingerprint density at radius 2 is 1.81 bits per heavy atom. The summed E-state index contributed by atoms with van der Waals surface area (Å²) in [7, 11) is 1.70. The predicted octanol–water partition coefficient (Wildman–Crippen LogP) is 4.79. The lowest BCUT2D eigenvalue weighted by molar-refractivity contribution is -0.343. The molecule has 1 heterocycles. The van der Waals surface area contributed by atoms with Crippen molar-refractivity contribution < 1.29 is 39.5 Å². The minimum absolute atomic E-state index is 0.0892. The number of fused-ring (bicyclic) bond motifs is 3. The Morgan fingerprint density at radius 3 is 2.58 bits per heavy atom. The number of esters is 1. The molecule has 7 saturated carbocycles. The zero-order valence-corrected chi connectivity index (χ0v) is 31.5. The lowest BCUT2D eigenvalue weighted by Crippen LogP contribution is -2.80. The number of aliphatic hydroxyl groups excluding tert-OH is 1. The van der Waals surface area contributed by atoms with Crippen molar-refractivity contribution in [3.63, 3.8) is 0 Å². The Hall–Kier alpha value is -1.62. The van der Waals surface area contributed by atoms with Crippen LogP contribution in [0.2, 0.25) is 0 Å². The average Bonchev–Trinajstić information content (AvgIpc) is 3.79. The molecule has 7 fully saturated rings. The first-order chi connectivity index (χ1) is 24.9. The topological polar surface area (TPSA) is 146 Å². The maximum atomic E-state index is 13.9. The van der Waals surface area contributed by atoms with Gasteiger partial charge >= 0.3 is 5.97 Å². The van der Waals surface area contributed by atoms with Crippen LogP contribution in [0, 0.1) is 58.2 Å². The Labute approximate surface area is 309 Å². The number of hydrogen-bond acceptors (Lipinski definition) is 9. The van der Waals surface area contributed by atoms with E-state index in [0.717, 1.165) is 43.2 Å². The molecule has 9 rings (SSSR count). The summed E-state index contributed by atoms with van der Waals surface area (Å²) in [6, 6.07) is 0. The van der Waals surface area contributed by atoms with Gasteiger partial charge in [0.05, 0.1) is 22.7 Å². The number of rotatable bonds is 9. The van der Waals surface area contributed by atoms with Crippen LogP contribution in [0.3, 0.4) is 0 Å². The van der Waals surface area contributed by atoms with E-state index in [-0.39, 0.29) is 24.2 Å². The minimum atomic E-state index is -1.61. The van der Waals surface area contributed by atoms with Gasteiger partial charge in [-0.2, -0.15) is 0 Å². The Morgan fingerprint density at radius 1 is 1.00 bits per heavy atom. The van der Waals surface area contributed by atoms with Gasteiger partial charge in [-0.05, 0) is 137 Å². The van der Waals surface area contributed by atoms with Crippen LogP contribution >= 0.6 is 0 Å². The number of nitrogens with one attached hydrogen (secondary N) is 1. The predicted molar refractivity (Wildman–Crippen MR) is 194 cm³/mol. The first kappa shape index (κ1) is 36.0. The fraction of sp³-hybridized carbons (Fsp3) is 0.860. The molecule has 9 aliphatic rings. The van der Waals surface area contributed by atoms with Crippen LogP contribution in [0.4, 0.5) is 0 Å². The zero-order chi connectivity index (χ0) is 36.3. The molecule has 52 heavy (non-hydrogen) atoms. The van der Waals surface area contributed by atoms with Crippen LogP contribution in [0.25, 0.3) is 0 Å². The number of aliphatic hydroxyl groups is 4. The number of methoxy groups -OCH3 is 1. The number of ether oxygens (including phenoxy) is 2. The van der Waals surface area contributed by atoms with Crippen molar-refractivity contribution in [2.45, 2.75) is 145 Å². The lowest BCUT2D eigenvalue weighted by Gasteiger charge is -2.72. The van der Waals surface area contributed by atoms with Gasteiger partial charge in [-0.25, -0.2) is 4.79 Å². The second-order valence-electron chi connectivity index (χ2n) is 19.4. The molecule has 9 nitrogen and oxygen atoms in total. The molecular formula is C43H63NO8. The van der Waals surface area contributed by atoms with Crippen LogP contribution in [0.1, 0.15) is 116 Å². The highest BCUT2D eigenvalue weighted by Crippen LogP contribution is 2.78. The van der Waals surface area contributed by atoms with Gasteiger partial charge in [0.25, 0.3) is 0 Å². The number of carbonyl (C=O) groups excluding carboxylic acids is 2. The summed E-state index contributed by atoms with van der Waals surface area (Å²) >= 11 is 0. The molecule has 0 saturated heterocycles. The molecular weight excluding hydrogens is 658 g/mol. The van der Waals surface area contributed by atoms with E-state index in [1.165, 1.54) is 25.7 Å². The molecule has 1 spiro atoms. The van der Waals surface area contributed by atoms with Crippen LogP contribution in [-0.2, 0) is 19.1 Å². The van der Waals surface area contributed by atoms with E-state index in [0.29, 0.717) is 88.7 Å². The van der Waals surface area contributed by atoms with Crippen molar-refractivity contribution >= 4 is 12.3 Å². The van der Waals surface area contributed by atoms with Gasteiger partial charge in [0.1, 0.15) is 11.9 Å². The van der Waals surface area contributed by atoms with Crippen molar-refractivity contribution in [1.29, 1.82) is 0 Å². The van der Waals surface area contributed by atoms with E-state index >= 15 is 0 Å². The van der Waals surface area contributed by atoms with Gasteiger partial charge in [0.2, 0.25) is 0 Å². The van der Waals surface area contributed by atoms with Gasteiger partial charge in [-0.15, -0.1) is 0 Å². The van der Waals surface area contributed by atoms with Crippen LogP contribution < -0.4 is 5.32 Å². The third-order valence-corrected chi connectivity index (χ3v) is 18.0. The van der Waals surface area contributed by atoms with Gasteiger partial charge < -0.3 is 40.0 Å². The van der Waals surface area contributed by atoms with Gasteiger partial charge in [-0.3, -0.25) is 0 Å². The number of hydrogen-bond donors (Lipinski definition) is 5. The summed E-state index contributed by atoms with van der Waals surface area (Å²) < 4.78 is 11.6. The Kier molecular flexibility index (Phi) is 8.62. The van der Waals surface area contributed by atoms with Crippen LogP contribution in [0.5, 0.6) is 0 Å². The maximum Gasteiger partial charge on any atom is 0.332 e. The molecule has 1 aliphatic heterocycles. The summed E-state index contributed by atoms with van der Waals surface area (Å²) in [5.41, 5.74) is -5.31. The maximum absolute atomic E-state index is 13.9. The average molecular weight is 722 g/mol. The van der Waals surface area contributed by atoms with E-state index in [2.05, 4.69) is 18.3 Å². The minimum Gasteiger partial charge on any atom is -0.447 e. The zero-order valence-electron chi connectivity index (χ0n) is 31.5. The number of allylic oxidation sites excluding steroid dienone is 1. The first-order valence-corrected chi connectivity index (χ1v) is 21.1. The van der Waals surface area contributed by atoms with Crippen LogP contribution in [-0.4, -0.2) is 88.0 Å². The fourth-order valence-corrected chi connectivity index (χ4v) is 15.9. The normalized spacial score (nSPS) is 51.1. The molecule has 288 valence electrons. The molecule has 0 aromatic carbocycles. The van der Waals surface area contributed by atoms with Gasteiger partial charge in [0, 0.05) is 43.6 Å². The van der Waals surface area contributed by atoms with Crippen LogP contribution in [0.15, 0.2) is 23.3 Å². The highest BCUT2D eigenvalue weighted by Gasteiger charge is 2.83. The van der Waals surface area contributed by atoms with Crippen molar-refractivity contribution in [2.24, 2.45) is 58.2 Å². The van der Waals surface area contributed by atoms with Crippen molar-refractivity contribution in [3.8, 4) is 0 Å². The summed E-state index contributed by atoms with van der Waals surface area (Å²) in [4.78, 5) is 27.2. The molecule has 2 bridgehead atoms. The molecule has 14 unspecified atom stereocenters. The monoisotopic (exact) mass is 721 g/mol. The molecule has 0 amide bonds. The smallest absolute Gasteiger partial charge is 0.332 e. The quantitative estimate of drug-likeness (QED) is 0.0983. The summed E-state index contributed by atoms with van der Waals surface area (Å²) in [5, 5.41) is 56.1. The largest absolute Gasteiger partial charge is 0.447 e. The Balaban J connectivity index is 1.14. The summed E-state index contributed by atoms with van der Waals surface area (Å²) in [5.74, 6) is -0.591. The molecule has 0 radical (unpaired) electrons. The highest BCUT2D eigenvalue weighted by molar-refractivity contribution is 5.88. The SMILES string of the molecule is COCCCNCC1=CC2CC3(O)C4(O)CC5CC(C(C)C6CCCC6)CCC6C(O)CCC(C=O)(C4CCC34CCCC13OC(=O)C=C3C24)C56O. The molecule has 8 aliphatic carbocycles. The van der Waals surface area contributed by atoms with Gasteiger partial charge in [0.15, 0.2) is 5.60 Å². The molecule has 5 N–H and O–H groups in total. The number of aldehydes is 1. The summed E-state index contributed by atoms with van der Waals surface area (Å²) in [6.45, 7) is 4.38. The second-order valence-corrected chi connectivity index (χ2v) is 19.4. The van der Waals surface area contributed by atoms with Crippen molar-refractivity contribution in [2.75, 3.05) is 26.8 Å². The first-order valence-electron chi connectivity index (χ1n) is 21.1. The number of carbonyl (C=O) groups is 2. The fourth-order valence-electron chi connectivity index (χ4n) is 15.9. The van der Waals surface area contributed by atoms with E-state index in [9.17, 15) is 30.0 Å². The van der Waals surface area contributed by atoms with E-state index in [1.54, 1.807) is 13.2 Å². The molecule has 0 aromatic rings. The molecule has 14 atom stereocenters. The van der Waals surface area contributed by atoms with E-state index < -0.39 is 57.1 Å². The summed E-state index contributed by atoms with van der Waals surface area (Å²) in [6.07, 6.45) is 17.0. The second kappa shape index (κ2) is 12.4. The van der Waals surface area contributed by atoms with E-state index in [4.69, 9.17) is 9.47 Å². The van der Waals surface area contributed by atoms with Crippen molar-refractivity contribution in [3.05, 3.63) is 23.3 Å². The van der Waals surface area contributed by atoms with Crippen molar-refractivity contribution in [1.82, 2.24) is 5.32 Å². The third kappa shape index (κ3) is 4.44. The van der Waals surface area contributed by atoms with E-state index in [1.807, 2.05) is 0 Å². The highest BCUT2D eigenvalue weighted by atomic mass is 16.6. The molecule has 0 aromatic heterocycles. The molecule has 9 heteroatoms. The Bertz CT molecular complexity index is 1520. The lowest BCUT2D eigenvalue weighted by atomic mass is 9.36. The standard InChI is InChI=1S/C43H63NO8/c1-26(27-7-3-4-8-27)28-9-10-32-34(46)11-15-39(25-45)35-12-16-38-13-5-14-40-31(24-44-17-6-18-51-2)20-29(37(38)33(40)21-36(47)52-40)22-42(38,49)41(35,48)23-30(19-28)43(32,39)50/h20-21,25-30,32,34-35,37,44,46,48-50H,3-19,22-24H2,1-2H3. The third-order valence-electron chi connectivity index (χ3n) is 18.0.